The van der Waals surface area contributed by atoms with Gasteiger partial charge in [-0.15, -0.1) is 0 Å². The zero-order valence-electron chi connectivity index (χ0n) is 18.3. The molecule has 2 aromatic rings. The molecular formula is C20H23F3N6O5S. The maximum Gasteiger partial charge on any atom is 0.417 e. The van der Waals surface area contributed by atoms with Crippen LogP contribution in [0.15, 0.2) is 46.2 Å². The molecule has 0 bridgehead atoms. The largest absolute Gasteiger partial charge is 0.417 e. The molecule has 35 heavy (non-hydrogen) atoms. The van der Waals surface area contributed by atoms with E-state index in [9.17, 15) is 36.0 Å². The molecule has 0 unspecified atom stereocenters. The van der Waals surface area contributed by atoms with E-state index in [1.165, 1.54) is 0 Å². The van der Waals surface area contributed by atoms with Gasteiger partial charge < -0.3 is 25.7 Å². The van der Waals surface area contributed by atoms with Crippen molar-refractivity contribution in [2.45, 2.75) is 36.9 Å². The number of aldehydes is 1. The van der Waals surface area contributed by atoms with Crippen molar-refractivity contribution in [1.82, 2.24) is 10.3 Å². The van der Waals surface area contributed by atoms with Crippen LogP contribution in [-0.2, 0) is 25.8 Å². The van der Waals surface area contributed by atoms with Crippen LogP contribution in [0, 0.1) is 5.41 Å². The van der Waals surface area contributed by atoms with Gasteiger partial charge >= 0.3 is 6.18 Å². The van der Waals surface area contributed by atoms with Gasteiger partial charge in [0.15, 0.2) is 5.96 Å². The first-order chi connectivity index (χ1) is 16.3. The molecule has 0 aliphatic heterocycles. The van der Waals surface area contributed by atoms with Crippen LogP contribution < -0.4 is 26.2 Å². The Morgan fingerprint density at radius 2 is 1.94 bits per heavy atom. The third-order valence-corrected chi connectivity index (χ3v) is 6.14. The van der Waals surface area contributed by atoms with Crippen LogP contribution in [-0.4, -0.2) is 44.1 Å². The van der Waals surface area contributed by atoms with Gasteiger partial charge in [-0.25, -0.2) is 8.42 Å². The predicted molar refractivity (Wildman–Crippen MR) is 121 cm³/mol. The molecule has 0 aliphatic carbocycles. The number of nitrogens with zero attached hydrogens (tertiary/aromatic N) is 1. The predicted octanol–water partition coefficient (Wildman–Crippen LogP) is 1.38. The van der Waals surface area contributed by atoms with Gasteiger partial charge in [-0.1, -0.05) is 12.1 Å². The van der Waals surface area contributed by atoms with Crippen molar-refractivity contribution in [1.29, 1.82) is 5.41 Å². The minimum Gasteiger partial charge on any atom is -0.370 e. The highest BCUT2D eigenvalue weighted by Gasteiger charge is 2.37. The van der Waals surface area contributed by atoms with Crippen molar-refractivity contribution in [2.75, 3.05) is 16.2 Å². The molecule has 1 atom stereocenters. The number of aromatic nitrogens is 1. The summed E-state index contributed by atoms with van der Waals surface area (Å²) in [6.07, 6.45) is -3.20. The lowest BCUT2D eigenvalue weighted by molar-refractivity contribution is -0.139. The van der Waals surface area contributed by atoms with Crippen LogP contribution in [0.1, 0.15) is 25.3 Å². The van der Waals surface area contributed by atoms with E-state index in [4.69, 9.17) is 11.1 Å². The molecule has 1 aromatic heterocycles. The molecule has 0 spiro atoms. The normalized spacial score (nSPS) is 12.5. The number of rotatable bonds is 10. The number of H-pyrrole nitrogens is 1. The summed E-state index contributed by atoms with van der Waals surface area (Å²) in [5.74, 6) is -1.04. The number of nitrogens with two attached hydrogens (primary N) is 1. The molecule has 0 aliphatic rings. The molecule has 1 amide bonds. The van der Waals surface area contributed by atoms with E-state index >= 15 is 0 Å². The first-order valence-electron chi connectivity index (χ1n) is 10.0. The maximum atomic E-state index is 13.4. The zero-order chi connectivity index (χ0) is 26.4. The van der Waals surface area contributed by atoms with Gasteiger partial charge in [0.2, 0.25) is 5.91 Å². The van der Waals surface area contributed by atoms with E-state index in [1.807, 2.05) is 4.72 Å². The number of halogens is 3. The fraction of sp³-hybridized carbons (Fsp3) is 0.300. The summed E-state index contributed by atoms with van der Waals surface area (Å²) in [4.78, 5) is 38.7. The van der Waals surface area contributed by atoms with Crippen LogP contribution in [0.4, 0.5) is 24.5 Å². The van der Waals surface area contributed by atoms with E-state index in [2.05, 4.69) is 10.3 Å². The summed E-state index contributed by atoms with van der Waals surface area (Å²) in [5, 5.41) is 9.65. The quantitative estimate of drug-likeness (QED) is 0.137. The van der Waals surface area contributed by atoms with Crippen molar-refractivity contribution >= 4 is 39.6 Å². The Balaban J connectivity index is 2.52. The number of carbonyl (C=O) groups is 2. The van der Waals surface area contributed by atoms with Crippen molar-refractivity contribution < 1.29 is 31.2 Å². The molecule has 1 heterocycles. The van der Waals surface area contributed by atoms with Crippen LogP contribution >= 0.6 is 0 Å². The van der Waals surface area contributed by atoms with Crippen molar-refractivity contribution in [3.63, 3.8) is 0 Å². The summed E-state index contributed by atoms with van der Waals surface area (Å²) >= 11 is 0. The number of benzene rings is 1. The lowest BCUT2D eigenvalue weighted by atomic mass is 10.1. The first kappa shape index (κ1) is 27.4. The summed E-state index contributed by atoms with van der Waals surface area (Å²) in [7, 11) is -4.96. The highest BCUT2D eigenvalue weighted by molar-refractivity contribution is 7.92. The van der Waals surface area contributed by atoms with Crippen LogP contribution in [0.25, 0.3) is 0 Å². The number of aromatic amines is 1. The SMILES string of the molecule is CC(=O)N(c1cc[nH]c(=O)c1NS(=O)(=O)c1ccccc1C(F)(F)F)[C@H](C=O)CCCNC(=N)N. The summed E-state index contributed by atoms with van der Waals surface area (Å²) in [6, 6.07) is 3.37. The van der Waals surface area contributed by atoms with Crippen molar-refractivity contribution in [2.24, 2.45) is 5.73 Å². The smallest absolute Gasteiger partial charge is 0.370 e. The maximum absolute atomic E-state index is 13.4. The van der Waals surface area contributed by atoms with Gasteiger partial charge in [0.05, 0.1) is 22.2 Å². The fourth-order valence-corrected chi connectivity index (χ4v) is 4.57. The fourth-order valence-electron chi connectivity index (χ4n) is 3.27. The summed E-state index contributed by atoms with van der Waals surface area (Å²) in [5.41, 5.74) is 1.61. The topological polar surface area (TPSA) is 178 Å². The van der Waals surface area contributed by atoms with E-state index in [0.717, 1.165) is 42.3 Å². The van der Waals surface area contributed by atoms with E-state index in [1.54, 1.807) is 0 Å². The standard InChI is InChI=1S/C20H23F3N6O5S/c1-12(31)29(13(11-30)5-4-9-27-19(24)25)15-8-10-26-18(32)17(15)28-35(33,34)16-7-3-2-6-14(16)20(21,22)23/h2-3,6-8,10-11,13,28H,4-5,9H2,1H3,(H,26,32)(H4,24,25,27)/t13-/m0/s1. The average Bonchev–Trinajstić information content (AvgIpc) is 2.76. The lowest BCUT2D eigenvalue weighted by Gasteiger charge is -2.29. The minimum absolute atomic E-state index is 0.0409. The number of hydrogen-bond donors (Lipinski definition) is 5. The molecule has 1 aromatic carbocycles. The second-order valence-electron chi connectivity index (χ2n) is 7.24. The Morgan fingerprint density at radius 3 is 2.51 bits per heavy atom. The highest BCUT2D eigenvalue weighted by atomic mass is 32.2. The molecule has 6 N–H and O–H groups in total. The molecule has 0 saturated carbocycles. The van der Waals surface area contributed by atoms with Gasteiger partial charge in [-0.3, -0.25) is 19.7 Å². The molecule has 15 heteroatoms. The molecule has 2 rings (SSSR count). The van der Waals surface area contributed by atoms with Crippen molar-refractivity contribution in [3.05, 3.63) is 52.4 Å². The van der Waals surface area contributed by atoms with E-state index in [-0.39, 0.29) is 31.0 Å². The zero-order valence-corrected chi connectivity index (χ0v) is 19.2. The lowest BCUT2D eigenvalue weighted by Crippen LogP contribution is -2.42. The average molecular weight is 517 g/mol. The molecule has 190 valence electrons. The Kier molecular flexibility index (Phi) is 8.62. The number of guanidine groups is 1. The number of carbonyl (C=O) groups excluding carboxylic acids is 2. The van der Waals surface area contributed by atoms with Crippen LogP contribution in [0.3, 0.4) is 0 Å². The van der Waals surface area contributed by atoms with Gasteiger partial charge in [-0.05, 0) is 31.0 Å². The number of pyridine rings is 1. The highest BCUT2D eigenvalue weighted by Crippen LogP contribution is 2.35. The molecule has 11 nitrogen and oxygen atoms in total. The molecular weight excluding hydrogens is 493 g/mol. The monoisotopic (exact) mass is 516 g/mol. The molecule has 0 saturated heterocycles. The minimum atomic E-state index is -5.00. The van der Waals surface area contributed by atoms with E-state index in [0.29, 0.717) is 12.4 Å². The molecule has 0 radical (unpaired) electrons. The number of amides is 1. The third kappa shape index (κ3) is 6.81. The molecule has 0 fully saturated rings. The number of alkyl halides is 3. The summed E-state index contributed by atoms with van der Waals surface area (Å²) in [6.45, 7) is 1.26. The van der Waals surface area contributed by atoms with Gasteiger partial charge in [-0.2, -0.15) is 13.2 Å². The Labute approximate surface area is 198 Å². The number of hydrogen-bond acceptors (Lipinski definition) is 6. The Bertz CT molecular complexity index is 1260. The van der Waals surface area contributed by atoms with Gasteiger partial charge in [0, 0.05) is 19.7 Å². The second-order valence-corrected chi connectivity index (χ2v) is 8.89. The number of anilines is 2. The van der Waals surface area contributed by atoms with Gasteiger partial charge in [0.1, 0.15) is 12.0 Å². The van der Waals surface area contributed by atoms with E-state index < -0.39 is 49.9 Å². The Hall–Kier alpha value is -3.88. The number of nitrogens with one attached hydrogen (secondary N) is 4. The van der Waals surface area contributed by atoms with Gasteiger partial charge in [0.25, 0.3) is 15.6 Å². The first-order valence-corrected chi connectivity index (χ1v) is 11.5. The summed E-state index contributed by atoms with van der Waals surface area (Å²) < 4.78 is 67.8. The van der Waals surface area contributed by atoms with Crippen molar-refractivity contribution in [3.8, 4) is 0 Å². The Morgan fingerprint density at radius 1 is 1.29 bits per heavy atom. The van der Waals surface area contributed by atoms with Crippen LogP contribution in [0.2, 0.25) is 0 Å². The third-order valence-electron chi connectivity index (χ3n) is 4.74. The van der Waals surface area contributed by atoms with Crippen LogP contribution in [0.5, 0.6) is 0 Å². The second kappa shape index (κ2) is 11.0. The number of sulfonamides is 1.